The summed E-state index contributed by atoms with van der Waals surface area (Å²) >= 11 is 1.15. The molecule has 7 atom stereocenters. The SMILES string of the molecule is CCCCCCCCCCC(=O)SCCNC(=O)CCNC(=O)[C@H](O)C(C)(C)COP(=O)(O)OP(=O)(O)OC[C@H]1O[C@@H](n2cnc3c(N)ncnc32)[C@H](O)[C@@H]1OP(=O)(O)O. The maximum atomic E-state index is 12.7. The first-order valence-electron chi connectivity index (χ1n) is 19.1. The molecular weight excluding hydrogens is 879 g/mol. The minimum atomic E-state index is -5.57. The molecule has 1 saturated heterocycles. The molecule has 0 aromatic carbocycles. The van der Waals surface area contributed by atoms with Crippen LogP contribution in [0.5, 0.6) is 0 Å². The van der Waals surface area contributed by atoms with Crippen LogP contribution in [0.4, 0.5) is 5.82 Å². The number of rotatable bonds is 28. The van der Waals surface area contributed by atoms with Crippen molar-refractivity contribution in [1.82, 2.24) is 30.2 Å². The normalized spacial score (nSPS) is 21.0. The number of aromatic nitrogens is 4. The summed E-state index contributed by atoms with van der Waals surface area (Å²) in [5.74, 6) is -1.03. The molecule has 2 aromatic heterocycles. The van der Waals surface area contributed by atoms with Crippen LogP contribution in [0, 0.1) is 5.41 Å². The van der Waals surface area contributed by atoms with Crippen molar-refractivity contribution in [1.29, 1.82) is 0 Å². The Balaban J connectivity index is 1.40. The van der Waals surface area contributed by atoms with E-state index in [4.69, 9.17) is 19.5 Å². The van der Waals surface area contributed by atoms with Gasteiger partial charge in [-0.15, -0.1) is 0 Å². The number of thioether (sulfide) groups is 1. The maximum Gasteiger partial charge on any atom is 0.481 e. The smallest absolute Gasteiger partial charge is 0.386 e. The molecule has 1 fully saturated rings. The number of ether oxygens (including phenoxy) is 1. The number of phosphoric ester groups is 3. The molecule has 0 bridgehead atoms. The molecule has 0 spiro atoms. The van der Waals surface area contributed by atoms with Crippen LogP contribution in [0.15, 0.2) is 12.7 Å². The fourth-order valence-electron chi connectivity index (χ4n) is 5.77. The third kappa shape index (κ3) is 17.4. The van der Waals surface area contributed by atoms with Crippen LogP contribution in [0.1, 0.15) is 91.2 Å². The highest BCUT2D eigenvalue weighted by Gasteiger charge is 2.50. The van der Waals surface area contributed by atoms with Crippen molar-refractivity contribution in [3.8, 4) is 0 Å². The first-order chi connectivity index (χ1) is 28.1. The Kier molecular flexibility index (Phi) is 20.6. The zero-order chi connectivity index (χ0) is 44.7. The number of fused-ring (bicyclic) bond motifs is 1. The quantitative estimate of drug-likeness (QED) is 0.0436. The third-order valence-electron chi connectivity index (χ3n) is 9.00. The first kappa shape index (κ1) is 51.9. The first-order valence-corrected chi connectivity index (χ1v) is 24.6. The second-order valence-corrected chi connectivity index (χ2v) is 19.9. The van der Waals surface area contributed by atoms with E-state index in [0.717, 1.165) is 48.2 Å². The maximum absolute atomic E-state index is 12.7. The Morgan fingerprint density at radius 2 is 1.60 bits per heavy atom. The molecule has 10 N–H and O–H groups in total. The lowest BCUT2D eigenvalue weighted by Gasteiger charge is -2.30. The molecular formula is C32H56N7O17P3S. The lowest BCUT2D eigenvalue weighted by atomic mass is 9.87. The highest BCUT2D eigenvalue weighted by Crippen LogP contribution is 2.61. The summed E-state index contributed by atoms with van der Waals surface area (Å²) < 4.78 is 62.3. The van der Waals surface area contributed by atoms with E-state index in [1.165, 1.54) is 46.0 Å². The number of hydrogen-bond donors (Lipinski definition) is 9. The van der Waals surface area contributed by atoms with Crippen LogP contribution < -0.4 is 16.4 Å². The fraction of sp³-hybridized carbons (Fsp3) is 0.750. The Morgan fingerprint density at radius 3 is 2.27 bits per heavy atom. The molecule has 0 aliphatic carbocycles. The van der Waals surface area contributed by atoms with Crippen molar-refractivity contribution in [3.05, 3.63) is 12.7 Å². The molecule has 2 amide bonds. The number of nitrogens with two attached hydrogens (primary N) is 1. The Morgan fingerprint density at radius 1 is 0.950 bits per heavy atom. The summed E-state index contributed by atoms with van der Waals surface area (Å²) in [5.41, 5.74) is 4.28. The van der Waals surface area contributed by atoms with Crippen molar-refractivity contribution >= 4 is 69.1 Å². The van der Waals surface area contributed by atoms with E-state index in [1.54, 1.807) is 0 Å². The molecule has 0 radical (unpaired) electrons. The van der Waals surface area contributed by atoms with E-state index >= 15 is 0 Å². The Bertz CT molecular complexity index is 1870. The van der Waals surface area contributed by atoms with Gasteiger partial charge in [-0.05, 0) is 6.42 Å². The summed E-state index contributed by atoms with van der Waals surface area (Å²) in [7, 11) is -16.4. The van der Waals surface area contributed by atoms with Crippen molar-refractivity contribution in [2.45, 2.75) is 116 Å². The average Bonchev–Trinajstić information content (AvgIpc) is 3.72. The largest absolute Gasteiger partial charge is 0.481 e. The zero-order valence-electron chi connectivity index (χ0n) is 33.4. The lowest BCUT2D eigenvalue weighted by molar-refractivity contribution is -0.137. The standard InChI is InChI=1S/C32H56N7O17P3S/c1-4-5-6-7-8-9-10-11-12-23(41)60-16-15-34-22(40)13-14-35-30(44)27(43)32(2,3)18-53-59(50,51)56-58(48,49)52-17-21-26(55-57(45,46)47)25(42)31(54-21)39-20-38-24-28(33)36-19-37-29(24)39/h19-21,25-27,31,42-43H,4-18H2,1-3H3,(H,34,40)(H,35,44)(H,48,49)(H,50,51)(H2,33,36,37)(H2,45,46,47)/t21-,25-,26-,27+,31-/m1/s1. The molecule has 0 saturated carbocycles. The van der Waals surface area contributed by atoms with Crippen molar-refractivity contribution in [3.63, 3.8) is 0 Å². The second-order valence-electron chi connectivity index (χ2n) is 14.5. The van der Waals surface area contributed by atoms with E-state index in [1.807, 2.05) is 0 Å². The molecule has 2 unspecified atom stereocenters. The number of nitrogens with zero attached hydrogens (tertiary/aromatic N) is 4. The summed E-state index contributed by atoms with van der Waals surface area (Å²) in [4.78, 5) is 87.9. The van der Waals surface area contributed by atoms with Crippen molar-refractivity contribution < 1.29 is 80.5 Å². The van der Waals surface area contributed by atoms with Gasteiger partial charge < -0.3 is 50.9 Å². The molecule has 3 rings (SSSR count). The number of carbonyl (C=O) groups excluding carboxylic acids is 3. The van der Waals surface area contributed by atoms with Gasteiger partial charge in [0.2, 0.25) is 11.8 Å². The Labute approximate surface area is 350 Å². The number of nitrogen functional groups attached to an aromatic ring is 1. The number of aliphatic hydroxyl groups excluding tert-OH is 2. The van der Waals surface area contributed by atoms with Gasteiger partial charge in [0.05, 0.1) is 19.5 Å². The number of nitrogens with one attached hydrogen (secondary N) is 2. The predicted octanol–water partition coefficient (Wildman–Crippen LogP) is 2.20. The summed E-state index contributed by atoms with van der Waals surface area (Å²) in [6.07, 6.45) is 2.68. The highest BCUT2D eigenvalue weighted by molar-refractivity contribution is 8.13. The summed E-state index contributed by atoms with van der Waals surface area (Å²) in [5, 5.41) is 26.6. The number of aliphatic hydroxyl groups is 2. The monoisotopic (exact) mass is 935 g/mol. The molecule has 1 aliphatic heterocycles. The van der Waals surface area contributed by atoms with Gasteiger partial charge in [0.25, 0.3) is 0 Å². The van der Waals surface area contributed by atoms with Crippen LogP contribution in [0.3, 0.4) is 0 Å². The molecule has 3 heterocycles. The summed E-state index contributed by atoms with van der Waals surface area (Å²) in [6, 6.07) is 0. The summed E-state index contributed by atoms with van der Waals surface area (Å²) in [6.45, 7) is 2.75. The van der Waals surface area contributed by atoms with E-state index in [9.17, 15) is 57.9 Å². The van der Waals surface area contributed by atoms with Gasteiger partial charge in [0.1, 0.15) is 36.3 Å². The number of unbranched alkanes of at least 4 members (excludes halogenated alkanes) is 7. The third-order valence-corrected chi connectivity index (χ3v) is 13.0. The van der Waals surface area contributed by atoms with Crippen LogP contribution in [0.25, 0.3) is 11.2 Å². The molecule has 2 aromatic rings. The number of amides is 2. The average molecular weight is 936 g/mol. The lowest BCUT2D eigenvalue weighted by Crippen LogP contribution is -2.46. The van der Waals surface area contributed by atoms with Crippen LogP contribution >= 0.6 is 35.2 Å². The number of imidazole rings is 1. The van der Waals surface area contributed by atoms with Crippen LogP contribution in [-0.2, 0) is 50.7 Å². The van der Waals surface area contributed by atoms with Gasteiger partial charge >= 0.3 is 23.5 Å². The Hall–Kier alpha value is -2.44. The van der Waals surface area contributed by atoms with E-state index < -0.39 is 84.6 Å². The van der Waals surface area contributed by atoms with Gasteiger partial charge in [0.15, 0.2) is 22.8 Å². The number of phosphoric acid groups is 3. The molecule has 24 nitrogen and oxygen atoms in total. The zero-order valence-corrected chi connectivity index (χ0v) is 36.9. The van der Waals surface area contributed by atoms with Crippen LogP contribution in [-0.4, -0.2) is 123 Å². The molecule has 28 heteroatoms. The van der Waals surface area contributed by atoms with Crippen LogP contribution in [0.2, 0.25) is 0 Å². The number of hydrogen-bond acceptors (Lipinski definition) is 18. The topological polar surface area (TPSA) is 364 Å². The van der Waals surface area contributed by atoms with E-state index in [-0.39, 0.29) is 41.6 Å². The molecule has 60 heavy (non-hydrogen) atoms. The van der Waals surface area contributed by atoms with E-state index in [2.05, 4.69) is 41.3 Å². The van der Waals surface area contributed by atoms with Gasteiger partial charge in [-0.25, -0.2) is 28.6 Å². The van der Waals surface area contributed by atoms with Gasteiger partial charge in [-0.3, -0.25) is 32.5 Å². The number of carbonyl (C=O) groups is 3. The van der Waals surface area contributed by atoms with Gasteiger partial charge in [-0.1, -0.05) is 77.5 Å². The minimum Gasteiger partial charge on any atom is -0.386 e. The van der Waals surface area contributed by atoms with Crippen molar-refractivity contribution in [2.24, 2.45) is 5.41 Å². The molecule has 1 aliphatic rings. The molecule has 342 valence electrons. The van der Waals surface area contributed by atoms with Gasteiger partial charge in [-0.2, -0.15) is 4.31 Å². The van der Waals surface area contributed by atoms with Gasteiger partial charge in [0, 0.05) is 37.1 Å². The fourth-order valence-corrected chi connectivity index (χ4v) is 9.32. The highest BCUT2D eigenvalue weighted by atomic mass is 32.2. The second kappa shape index (κ2) is 23.9. The van der Waals surface area contributed by atoms with E-state index in [0.29, 0.717) is 12.2 Å². The predicted molar refractivity (Wildman–Crippen MR) is 214 cm³/mol. The minimum absolute atomic E-state index is 0.0331. The van der Waals surface area contributed by atoms with Crippen molar-refractivity contribution in [2.75, 3.05) is 37.8 Å². The number of anilines is 1.